The lowest BCUT2D eigenvalue weighted by Gasteiger charge is -2.20. The number of hydrogen-bond donors (Lipinski definition) is 1. The highest BCUT2D eigenvalue weighted by Crippen LogP contribution is 2.38. The number of fused-ring (bicyclic) bond motifs is 1. The lowest BCUT2D eigenvalue weighted by atomic mass is 10.1. The zero-order valence-electron chi connectivity index (χ0n) is 11.4. The molecule has 0 saturated carbocycles. The summed E-state index contributed by atoms with van der Waals surface area (Å²) in [5.74, 6) is 1.31. The van der Waals surface area contributed by atoms with Crippen molar-refractivity contribution in [3.8, 4) is 11.5 Å². The smallest absolute Gasteiger partial charge is 0.175 e. The minimum absolute atomic E-state index is 0.187. The van der Waals surface area contributed by atoms with Gasteiger partial charge in [-0.25, -0.2) is 4.39 Å². The molecule has 2 aromatic carbocycles. The first-order valence-corrected chi connectivity index (χ1v) is 7.55. The molecule has 0 atom stereocenters. The van der Waals surface area contributed by atoms with Crippen molar-refractivity contribution >= 4 is 15.9 Å². The lowest BCUT2D eigenvalue weighted by molar-refractivity contribution is 0.170. The molecule has 5 heteroatoms. The third-order valence-electron chi connectivity index (χ3n) is 3.26. The van der Waals surface area contributed by atoms with Crippen LogP contribution in [0.25, 0.3) is 0 Å². The summed E-state index contributed by atoms with van der Waals surface area (Å²) in [5.41, 5.74) is 1.72. The van der Waals surface area contributed by atoms with Gasteiger partial charge in [0.15, 0.2) is 11.5 Å². The molecule has 3 nitrogen and oxygen atoms in total. The number of rotatable bonds is 4. The van der Waals surface area contributed by atoms with Gasteiger partial charge in [-0.2, -0.15) is 0 Å². The average Bonchev–Trinajstić information content (AvgIpc) is 2.49. The Morgan fingerprint density at radius 1 is 1.10 bits per heavy atom. The summed E-state index contributed by atoms with van der Waals surface area (Å²) in [6, 6.07) is 10.7. The fourth-order valence-electron chi connectivity index (χ4n) is 2.25. The third kappa shape index (κ3) is 3.36. The zero-order valence-corrected chi connectivity index (χ0v) is 13.0. The van der Waals surface area contributed by atoms with Crippen molar-refractivity contribution in [1.29, 1.82) is 0 Å². The summed E-state index contributed by atoms with van der Waals surface area (Å²) in [7, 11) is 0. The molecule has 0 radical (unpaired) electrons. The number of ether oxygens (including phenoxy) is 2. The second-order valence-electron chi connectivity index (χ2n) is 4.80. The summed E-state index contributed by atoms with van der Waals surface area (Å²) < 4.78 is 25.5. The molecule has 0 bridgehead atoms. The Kier molecular flexibility index (Phi) is 4.41. The zero-order chi connectivity index (χ0) is 14.7. The van der Waals surface area contributed by atoms with Crippen LogP contribution in [0.4, 0.5) is 4.39 Å². The van der Waals surface area contributed by atoms with Crippen molar-refractivity contribution in [3.05, 3.63) is 57.8 Å². The van der Waals surface area contributed by atoms with Crippen molar-refractivity contribution in [3.63, 3.8) is 0 Å². The van der Waals surface area contributed by atoms with Gasteiger partial charge in [0.25, 0.3) is 0 Å². The van der Waals surface area contributed by atoms with Crippen LogP contribution in [0.5, 0.6) is 11.5 Å². The van der Waals surface area contributed by atoms with Gasteiger partial charge in [-0.15, -0.1) is 0 Å². The molecule has 2 aromatic rings. The second kappa shape index (κ2) is 6.45. The predicted octanol–water partition coefficient (Wildman–Crippen LogP) is 3.65. The summed E-state index contributed by atoms with van der Waals surface area (Å²) in [4.78, 5) is 0. The maximum absolute atomic E-state index is 13.5. The molecule has 1 N–H and O–H groups in total. The maximum Gasteiger partial charge on any atom is 0.175 e. The van der Waals surface area contributed by atoms with E-state index < -0.39 is 0 Å². The van der Waals surface area contributed by atoms with Crippen LogP contribution in [0.2, 0.25) is 0 Å². The molecule has 3 rings (SSSR count). The van der Waals surface area contributed by atoms with Gasteiger partial charge in [-0.3, -0.25) is 0 Å². The highest BCUT2D eigenvalue weighted by atomic mass is 79.9. The van der Waals surface area contributed by atoms with Gasteiger partial charge in [-0.1, -0.05) is 18.2 Å². The normalized spacial score (nSPS) is 13.2. The van der Waals surface area contributed by atoms with E-state index >= 15 is 0 Å². The summed E-state index contributed by atoms with van der Waals surface area (Å²) in [6.45, 7) is 2.24. The quantitative estimate of drug-likeness (QED) is 0.911. The summed E-state index contributed by atoms with van der Waals surface area (Å²) >= 11 is 3.49. The van der Waals surface area contributed by atoms with Gasteiger partial charge >= 0.3 is 0 Å². The van der Waals surface area contributed by atoms with Crippen molar-refractivity contribution < 1.29 is 13.9 Å². The Morgan fingerprint density at radius 3 is 2.76 bits per heavy atom. The van der Waals surface area contributed by atoms with E-state index in [9.17, 15) is 4.39 Å². The van der Waals surface area contributed by atoms with E-state index in [2.05, 4.69) is 21.2 Å². The van der Waals surface area contributed by atoms with Gasteiger partial charge in [0.2, 0.25) is 0 Å². The first kappa shape index (κ1) is 14.4. The molecule has 0 spiro atoms. The molecule has 0 aromatic heterocycles. The van der Waals surface area contributed by atoms with Crippen molar-refractivity contribution in [2.45, 2.75) is 13.1 Å². The minimum atomic E-state index is -0.187. The molecule has 1 aliphatic rings. The standard InChI is InChI=1S/C16H15BrFNO2/c17-13-7-11(8-15-16(13)21-6-5-20-15)9-19-10-12-3-1-2-4-14(12)18/h1-4,7-8,19H,5-6,9-10H2. The SMILES string of the molecule is Fc1ccccc1CNCc1cc(Br)c2c(c1)OCCO2. The van der Waals surface area contributed by atoms with Crippen LogP contribution < -0.4 is 14.8 Å². The Bertz CT molecular complexity index is 648. The highest BCUT2D eigenvalue weighted by Gasteiger charge is 2.16. The molecule has 110 valence electrons. The van der Waals surface area contributed by atoms with Crippen LogP contribution >= 0.6 is 15.9 Å². The Labute approximate surface area is 131 Å². The maximum atomic E-state index is 13.5. The van der Waals surface area contributed by atoms with E-state index in [0.29, 0.717) is 31.9 Å². The summed E-state index contributed by atoms with van der Waals surface area (Å²) in [5, 5.41) is 3.24. The van der Waals surface area contributed by atoms with Crippen LogP contribution in [0.3, 0.4) is 0 Å². The van der Waals surface area contributed by atoms with E-state index in [1.54, 1.807) is 12.1 Å². The predicted molar refractivity (Wildman–Crippen MR) is 82.1 cm³/mol. The minimum Gasteiger partial charge on any atom is -0.486 e. The molecule has 0 amide bonds. The number of hydrogen-bond acceptors (Lipinski definition) is 3. The van der Waals surface area contributed by atoms with Crippen LogP contribution in [0.1, 0.15) is 11.1 Å². The van der Waals surface area contributed by atoms with Gasteiger partial charge < -0.3 is 14.8 Å². The van der Waals surface area contributed by atoms with Crippen LogP contribution in [-0.4, -0.2) is 13.2 Å². The molecule has 0 fully saturated rings. The molecular formula is C16H15BrFNO2. The largest absolute Gasteiger partial charge is 0.486 e. The lowest BCUT2D eigenvalue weighted by Crippen LogP contribution is -2.17. The van der Waals surface area contributed by atoms with Gasteiger partial charge in [-0.05, 0) is 39.7 Å². The topological polar surface area (TPSA) is 30.5 Å². The van der Waals surface area contributed by atoms with Gasteiger partial charge in [0, 0.05) is 18.7 Å². The van der Waals surface area contributed by atoms with Crippen molar-refractivity contribution in [2.75, 3.05) is 13.2 Å². The molecular weight excluding hydrogens is 337 g/mol. The number of benzene rings is 2. The summed E-state index contributed by atoms with van der Waals surface area (Å²) in [6.07, 6.45) is 0. The molecule has 0 unspecified atom stereocenters. The van der Waals surface area contributed by atoms with Crippen molar-refractivity contribution in [2.24, 2.45) is 0 Å². The molecule has 1 aliphatic heterocycles. The first-order chi connectivity index (χ1) is 10.2. The van der Waals surface area contributed by atoms with E-state index in [1.165, 1.54) is 6.07 Å². The van der Waals surface area contributed by atoms with Gasteiger partial charge in [0.1, 0.15) is 19.0 Å². The fraction of sp³-hybridized carbons (Fsp3) is 0.250. The molecule has 0 saturated heterocycles. The monoisotopic (exact) mass is 351 g/mol. The second-order valence-corrected chi connectivity index (χ2v) is 5.65. The van der Waals surface area contributed by atoms with Crippen molar-refractivity contribution in [1.82, 2.24) is 5.32 Å². The van der Waals surface area contributed by atoms with Crippen LogP contribution in [0, 0.1) is 5.82 Å². The fourth-order valence-corrected chi connectivity index (χ4v) is 2.85. The first-order valence-electron chi connectivity index (χ1n) is 6.76. The van der Waals surface area contributed by atoms with E-state index in [-0.39, 0.29) is 5.82 Å². The number of nitrogens with one attached hydrogen (secondary N) is 1. The Morgan fingerprint density at radius 2 is 1.90 bits per heavy atom. The molecule has 21 heavy (non-hydrogen) atoms. The Balaban J connectivity index is 1.66. The van der Waals surface area contributed by atoms with Crippen LogP contribution in [-0.2, 0) is 13.1 Å². The third-order valence-corrected chi connectivity index (χ3v) is 3.85. The average molecular weight is 352 g/mol. The highest BCUT2D eigenvalue weighted by molar-refractivity contribution is 9.10. The van der Waals surface area contributed by atoms with E-state index in [4.69, 9.17) is 9.47 Å². The molecule has 0 aliphatic carbocycles. The van der Waals surface area contributed by atoms with E-state index in [1.807, 2.05) is 18.2 Å². The van der Waals surface area contributed by atoms with E-state index in [0.717, 1.165) is 21.5 Å². The van der Waals surface area contributed by atoms with Crippen LogP contribution in [0.15, 0.2) is 40.9 Å². The number of halogens is 2. The molecule has 1 heterocycles. The Hall–Kier alpha value is -1.59. The van der Waals surface area contributed by atoms with Gasteiger partial charge in [0.05, 0.1) is 4.47 Å².